The number of nitrogens with zero attached hydrogens (tertiary/aromatic N) is 1. The number of hydrogen-bond acceptors (Lipinski definition) is 1. The molecule has 0 aliphatic carbocycles. The molecule has 1 heterocycles. The number of hydrogen-bond donors (Lipinski definition) is 0. The highest BCUT2D eigenvalue weighted by molar-refractivity contribution is 6.41. The molecule has 0 radical (unpaired) electrons. The summed E-state index contributed by atoms with van der Waals surface area (Å²) >= 11 is 0. The summed E-state index contributed by atoms with van der Waals surface area (Å²) in [7, 11) is -0.165. The third kappa shape index (κ3) is 2.46. The van der Waals surface area contributed by atoms with Crippen molar-refractivity contribution in [3.63, 3.8) is 0 Å². The van der Waals surface area contributed by atoms with Crippen LogP contribution in [0.2, 0.25) is 0 Å². The molecule has 1 rings (SSSR count). The van der Waals surface area contributed by atoms with E-state index in [9.17, 15) is 0 Å². The largest absolute Gasteiger partial charge is 0.320 e. The second kappa shape index (κ2) is 3.75. The van der Waals surface area contributed by atoms with Gasteiger partial charge in [0.2, 0.25) is 0 Å². The van der Waals surface area contributed by atoms with E-state index in [1.807, 2.05) is 0 Å². The maximum atomic E-state index is 4.03. The van der Waals surface area contributed by atoms with Gasteiger partial charge in [-0.3, -0.25) is 0 Å². The summed E-state index contributed by atoms with van der Waals surface area (Å²) in [6, 6.07) is 0. The van der Waals surface area contributed by atoms with Crippen LogP contribution >= 0.6 is 0 Å². The maximum absolute atomic E-state index is 4.03. The summed E-state index contributed by atoms with van der Waals surface area (Å²) in [5.74, 6) is 0. The lowest BCUT2D eigenvalue weighted by Gasteiger charge is -2.42. The third-order valence-electron chi connectivity index (χ3n) is 2.78. The van der Waals surface area contributed by atoms with Gasteiger partial charge in [0.25, 0.3) is 0 Å². The Kier molecular flexibility index (Phi) is 3.13. The van der Waals surface area contributed by atoms with Crippen LogP contribution in [-0.4, -0.2) is 26.3 Å². The third-order valence-corrected chi connectivity index (χ3v) is 4.88. The Labute approximate surface area is 78.7 Å². The van der Waals surface area contributed by atoms with Crippen molar-refractivity contribution in [2.24, 2.45) is 0 Å². The van der Waals surface area contributed by atoms with Crippen molar-refractivity contribution in [2.45, 2.75) is 45.6 Å². The predicted octanol–water partition coefficient (Wildman–Crippen LogP) is 1.87. The van der Waals surface area contributed by atoms with Gasteiger partial charge in [-0.2, -0.15) is 0 Å². The van der Waals surface area contributed by atoms with Crippen LogP contribution in [0.25, 0.3) is 0 Å². The van der Waals surface area contributed by atoms with E-state index >= 15 is 0 Å². The molecule has 1 aliphatic heterocycles. The summed E-state index contributed by atoms with van der Waals surface area (Å²) in [4.78, 5) is 0. The standard InChI is InChI=1S/C10H21NSi/c1-9(2)12-11-8-6-5-7-10(11,3)4/h1,5-8,12H2,2-4H3. The first-order valence-corrected chi connectivity index (χ1v) is 6.26. The first kappa shape index (κ1) is 10.0. The van der Waals surface area contributed by atoms with Crippen molar-refractivity contribution in [3.8, 4) is 0 Å². The highest BCUT2D eigenvalue weighted by Crippen LogP contribution is 2.26. The Hall–Kier alpha value is -0.0831. The molecule has 0 bridgehead atoms. The summed E-state index contributed by atoms with van der Waals surface area (Å²) in [5.41, 5.74) is 0.462. The van der Waals surface area contributed by atoms with Crippen LogP contribution in [0.5, 0.6) is 0 Å². The summed E-state index contributed by atoms with van der Waals surface area (Å²) in [5, 5.41) is 1.42. The Morgan fingerprint density at radius 2 is 2.08 bits per heavy atom. The van der Waals surface area contributed by atoms with E-state index in [1.165, 1.54) is 31.0 Å². The SMILES string of the molecule is C=C(C)[SiH2]N1CCCCC1(C)C. The molecule has 0 N–H and O–H groups in total. The van der Waals surface area contributed by atoms with Crippen LogP contribution in [0.4, 0.5) is 0 Å². The fourth-order valence-electron chi connectivity index (χ4n) is 1.94. The highest BCUT2D eigenvalue weighted by atomic mass is 28.2. The molecule has 1 saturated heterocycles. The molecule has 1 aliphatic rings. The van der Waals surface area contributed by atoms with Gasteiger partial charge < -0.3 is 4.57 Å². The van der Waals surface area contributed by atoms with Gasteiger partial charge >= 0.3 is 0 Å². The zero-order valence-electron chi connectivity index (χ0n) is 8.69. The molecule has 1 nitrogen and oxygen atoms in total. The van der Waals surface area contributed by atoms with Gasteiger partial charge in [-0.1, -0.05) is 11.6 Å². The van der Waals surface area contributed by atoms with Gasteiger partial charge in [-0.15, -0.1) is 6.58 Å². The monoisotopic (exact) mass is 183 g/mol. The molecule has 0 saturated carbocycles. The van der Waals surface area contributed by atoms with Crippen LogP contribution in [0.3, 0.4) is 0 Å². The Balaban J connectivity index is 2.54. The van der Waals surface area contributed by atoms with Crippen molar-refractivity contribution < 1.29 is 0 Å². The fraction of sp³-hybridized carbons (Fsp3) is 0.800. The molecule has 1 fully saturated rings. The van der Waals surface area contributed by atoms with Crippen LogP contribution in [0.1, 0.15) is 40.0 Å². The lowest BCUT2D eigenvalue weighted by molar-refractivity contribution is 0.171. The lowest BCUT2D eigenvalue weighted by atomic mass is 9.93. The van der Waals surface area contributed by atoms with Gasteiger partial charge in [0.05, 0.1) is 0 Å². The van der Waals surface area contributed by atoms with Crippen LogP contribution in [-0.2, 0) is 0 Å². The molecule has 0 aromatic rings. The molecule has 2 heteroatoms. The first-order valence-electron chi connectivity index (χ1n) is 4.92. The topological polar surface area (TPSA) is 3.24 Å². The molecule has 70 valence electrons. The smallest absolute Gasteiger partial charge is 0.122 e. The molecule has 12 heavy (non-hydrogen) atoms. The fourth-order valence-corrected chi connectivity index (χ4v) is 3.56. The molecule has 0 atom stereocenters. The van der Waals surface area contributed by atoms with Crippen LogP contribution in [0.15, 0.2) is 11.8 Å². The average Bonchev–Trinajstić information content (AvgIpc) is 1.92. The second-order valence-corrected chi connectivity index (χ2v) is 6.93. The molecular formula is C10H21NSi. The van der Waals surface area contributed by atoms with Gasteiger partial charge in [0, 0.05) is 5.54 Å². The van der Waals surface area contributed by atoms with Crippen molar-refractivity contribution in [2.75, 3.05) is 6.54 Å². The number of piperidine rings is 1. The minimum atomic E-state index is -0.165. The van der Waals surface area contributed by atoms with E-state index in [0.717, 1.165) is 0 Å². The van der Waals surface area contributed by atoms with Crippen molar-refractivity contribution in [1.82, 2.24) is 4.57 Å². The van der Waals surface area contributed by atoms with Crippen LogP contribution in [0, 0.1) is 0 Å². The van der Waals surface area contributed by atoms with Gasteiger partial charge in [-0.25, -0.2) is 0 Å². The maximum Gasteiger partial charge on any atom is 0.122 e. The summed E-state index contributed by atoms with van der Waals surface area (Å²) < 4.78 is 2.69. The second-order valence-electron chi connectivity index (χ2n) is 4.65. The molecular weight excluding hydrogens is 162 g/mol. The van der Waals surface area contributed by atoms with E-state index in [1.54, 1.807) is 0 Å². The van der Waals surface area contributed by atoms with Crippen molar-refractivity contribution in [3.05, 3.63) is 11.8 Å². The lowest BCUT2D eigenvalue weighted by Crippen LogP contribution is -2.49. The molecule has 0 amide bonds. The minimum absolute atomic E-state index is 0.165. The quantitative estimate of drug-likeness (QED) is 0.591. The molecule has 0 aromatic carbocycles. The Morgan fingerprint density at radius 3 is 2.58 bits per heavy atom. The zero-order valence-corrected chi connectivity index (χ0v) is 10.1. The zero-order chi connectivity index (χ0) is 9.19. The van der Waals surface area contributed by atoms with Gasteiger partial charge in [0.1, 0.15) is 9.68 Å². The predicted molar refractivity (Wildman–Crippen MR) is 58.0 cm³/mol. The number of allylic oxidation sites excluding steroid dienone is 1. The van der Waals surface area contributed by atoms with E-state index in [4.69, 9.17) is 0 Å². The van der Waals surface area contributed by atoms with E-state index in [0.29, 0.717) is 5.54 Å². The van der Waals surface area contributed by atoms with E-state index in [-0.39, 0.29) is 9.68 Å². The normalized spacial score (nSPS) is 24.9. The van der Waals surface area contributed by atoms with Crippen LogP contribution < -0.4 is 0 Å². The Morgan fingerprint density at radius 1 is 1.42 bits per heavy atom. The Bertz CT molecular complexity index is 175. The highest BCUT2D eigenvalue weighted by Gasteiger charge is 2.28. The van der Waals surface area contributed by atoms with Crippen molar-refractivity contribution in [1.29, 1.82) is 0 Å². The molecule has 0 aromatic heterocycles. The van der Waals surface area contributed by atoms with E-state index in [2.05, 4.69) is 31.9 Å². The minimum Gasteiger partial charge on any atom is -0.320 e. The summed E-state index contributed by atoms with van der Waals surface area (Å²) in [6.07, 6.45) is 4.17. The number of rotatable bonds is 2. The first-order chi connectivity index (χ1) is 5.52. The molecule has 0 unspecified atom stereocenters. The average molecular weight is 183 g/mol. The van der Waals surface area contributed by atoms with Gasteiger partial charge in [-0.05, 0) is 40.2 Å². The summed E-state index contributed by atoms with van der Waals surface area (Å²) in [6.45, 7) is 12.3. The van der Waals surface area contributed by atoms with E-state index < -0.39 is 0 Å². The van der Waals surface area contributed by atoms with Crippen molar-refractivity contribution >= 4 is 9.68 Å². The molecule has 0 spiro atoms. The van der Waals surface area contributed by atoms with Gasteiger partial charge in [0.15, 0.2) is 0 Å².